The lowest BCUT2D eigenvalue weighted by Gasteiger charge is -2.17. The summed E-state index contributed by atoms with van der Waals surface area (Å²) in [7, 11) is 0. The number of aryl methyl sites for hydroxylation is 1. The van der Waals surface area contributed by atoms with E-state index < -0.39 is 4.92 Å². The molecule has 92 valence electrons. The first kappa shape index (κ1) is 11.8. The topological polar surface area (TPSA) is 69.2 Å². The summed E-state index contributed by atoms with van der Waals surface area (Å²) >= 11 is 0. The van der Waals surface area contributed by atoms with Crippen LogP contribution in [0.1, 0.15) is 43.6 Å². The number of nitrogens with zero attached hydrogens (tertiary/aromatic N) is 2. The zero-order chi connectivity index (χ0) is 12.3. The standard InChI is InChI=1S/C12H16N2O3/c1-9-12(14(15)16)11(13-17-9)8-7-10-5-3-2-4-6-10/h7-8,10H,2-6H2,1H3. The maximum atomic E-state index is 10.8. The predicted molar refractivity (Wildman–Crippen MR) is 63.5 cm³/mol. The summed E-state index contributed by atoms with van der Waals surface area (Å²) in [6.45, 7) is 1.56. The first-order valence-electron chi connectivity index (χ1n) is 5.97. The highest BCUT2D eigenvalue weighted by Gasteiger charge is 2.22. The summed E-state index contributed by atoms with van der Waals surface area (Å²) in [4.78, 5) is 10.4. The molecule has 1 aromatic rings. The molecule has 0 spiro atoms. The summed E-state index contributed by atoms with van der Waals surface area (Å²) in [5, 5.41) is 14.5. The molecule has 1 aromatic heterocycles. The van der Waals surface area contributed by atoms with Gasteiger partial charge >= 0.3 is 5.69 Å². The number of nitro groups is 1. The van der Waals surface area contributed by atoms with E-state index in [1.165, 1.54) is 32.1 Å². The first-order valence-corrected chi connectivity index (χ1v) is 5.97. The van der Waals surface area contributed by atoms with Crippen molar-refractivity contribution in [1.82, 2.24) is 5.16 Å². The van der Waals surface area contributed by atoms with Crippen molar-refractivity contribution in [1.29, 1.82) is 0 Å². The number of allylic oxidation sites excluding steroid dienone is 1. The van der Waals surface area contributed by atoms with Gasteiger partial charge < -0.3 is 4.52 Å². The Hall–Kier alpha value is -1.65. The summed E-state index contributed by atoms with van der Waals surface area (Å²) < 4.78 is 4.85. The molecule has 17 heavy (non-hydrogen) atoms. The van der Waals surface area contributed by atoms with Gasteiger partial charge in [-0.25, -0.2) is 0 Å². The molecule has 1 heterocycles. The van der Waals surface area contributed by atoms with Crippen LogP contribution in [0.3, 0.4) is 0 Å². The fourth-order valence-electron chi connectivity index (χ4n) is 2.27. The van der Waals surface area contributed by atoms with E-state index in [1.807, 2.05) is 6.08 Å². The number of rotatable bonds is 3. The van der Waals surface area contributed by atoms with E-state index in [-0.39, 0.29) is 11.4 Å². The minimum Gasteiger partial charge on any atom is -0.354 e. The Morgan fingerprint density at radius 1 is 1.41 bits per heavy atom. The van der Waals surface area contributed by atoms with Gasteiger partial charge in [0.1, 0.15) is 0 Å². The minimum atomic E-state index is -0.438. The van der Waals surface area contributed by atoms with E-state index in [1.54, 1.807) is 13.0 Å². The Balaban J connectivity index is 2.12. The van der Waals surface area contributed by atoms with Gasteiger partial charge in [-0.15, -0.1) is 0 Å². The Kier molecular flexibility index (Phi) is 3.56. The minimum absolute atomic E-state index is 0.0166. The largest absolute Gasteiger partial charge is 0.354 e. The number of hydrogen-bond donors (Lipinski definition) is 0. The first-order chi connectivity index (χ1) is 8.18. The van der Waals surface area contributed by atoms with Crippen molar-refractivity contribution in [2.45, 2.75) is 39.0 Å². The van der Waals surface area contributed by atoms with Crippen molar-refractivity contribution in [3.8, 4) is 0 Å². The van der Waals surface area contributed by atoms with Crippen LogP contribution in [0.2, 0.25) is 0 Å². The van der Waals surface area contributed by atoms with Crippen molar-refractivity contribution in [3.63, 3.8) is 0 Å². The van der Waals surface area contributed by atoms with Gasteiger partial charge in [-0.1, -0.05) is 30.5 Å². The Morgan fingerprint density at radius 2 is 2.12 bits per heavy atom. The molecular formula is C12H16N2O3. The summed E-state index contributed by atoms with van der Waals surface area (Å²) in [5.74, 6) is 0.790. The second-order valence-corrected chi connectivity index (χ2v) is 4.49. The average Bonchev–Trinajstić information content (AvgIpc) is 2.69. The van der Waals surface area contributed by atoms with Crippen LogP contribution >= 0.6 is 0 Å². The fourth-order valence-corrected chi connectivity index (χ4v) is 2.27. The zero-order valence-electron chi connectivity index (χ0n) is 9.89. The molecule has 0 aromatic carbocycles. The fraction of sp³-hybridized carbons (Fsp3) is 0.583. The molecule has 2 rings (SSSR count). The van der Waals surface area contributed by atoms with Gasteiger partial charge in [0.05, 0.1) is 4.92 Å². The highest BCUT2D eigenvalue weighted by Crippen LogP contribution is 2.28. The van der Waals surface area contributed by atoms with E-state index in [2.05, 4.69) is 5.16 Å². The van der Waals surface area contributed by atoms with E-state index in [0.29, 0.717) is 11.6 Å². The second-order valence-electron chi connectivity index (χ2n) is 4.49. The van der Waals surface area contributed by atoms with Crippen LogP contribution in [0.25, 0.3) is 6.08 Å². The molecule has 5 heteroatoms. The van der Waals surface area contributed by atoms with Gasteiger partial charge in [0, 0.05) is 6.92 Å². The van der Waals surface area contributed by atoms with Crippen molar-refractivity contribution < 1.29 is 9.45 Å². The van der Waals surface area contributed by atoms with Crippen LogP contribution in [0.5, 0.6) is 0 Å². The SMILES string of the molecule is Cc1onc(C=CC2CCCCC2)c1[N+](=O)[O-]. The van der Waals surface area contributed by atoms with Crippen molar-refractivity contribution >= 4 is 11.8 Å². The molecular weight excluding hydrogens is 220 g/mol. The molecule has 0 amide bonds. The van der Waals surface area contributed by atoms with Crippen LogP contribution in [-0.2, 0) is 0 Å². The number of aromatic nitrogens is 1. The van der Waals surface area contributed by atoms with Crippen molar-refractivity contribution in [2.24, 2.45) is 5.92 Å². The van der Waals surface area contributed by atoms with Crippen LogP contribution in [0.15, 0.2) is 10.6 Å². The van der Waals surface area contributed by atoms with Crippen LogP contribution in [-0.4, -0.2) is 10.1 Å². The second kappa shape index (κ2) is 5.12. The molecule has 1 aliphatic carbocycles. The molecule has 0 N–H and O–H groups in total. The third-order valence-electron chi connectivity index (χ3n) is 3.22. The van der Waals surface area contributed by atoms with Crippen molar-refractivity contribution in [2.75, 3.05) is 0 Å². The number of hydrogen-bond acceptors (Lipinski definition) is 4. The van der Waals surface area contributed by atoms with Crippen LogP contribution in [0, 0.1) is 23.0 Å². The maximum Gasteiger partial charge on any atom is 0.338 e. The molecule has 0 saturated heterocycles. The van der Waals surface area contributed by atoms with Crippen LogP contribution < -0.4 is 0 Å². The third kappa shape index (κ3) is 2.72. The van der Waals surface area contributed by atoms with E-state index in [0.717, 1.165) is 0 Å². The van der Waals surface area contributed by atoms with Crippen LogP contribution in [0.4, 0.5) is 5.69 Å². The molecule has 0 atom stereocenters. The lowest BCUT2D eigenvalue weighted by atomic mass is 9.89. The van der Waals surface area contributed by atoms with Crippen molar-refractivity contribution in [3.05, 3.63) is 27.6 Å². The predicted octanol–water partition coefficient (Wildman–Crippen LogP) is 3.48. The Bertz CT molecular complexity index is 431. The van der Waals surface area contributed by atoms with E-state index in [4.69, 9.17) is 4.52 Å². The summed E-state index contributed by atoms with van der Waals surface area (Å²) in [6.07, 6.45) is 9.88. The molecule has 1 saturated carbocycles. The molecule has 0 bridgehead atoms. The quantitative estimate of drug-likeness (QED) is 0.595. The highest BCUT2D eigenvalue weighted by molar-refractivity contribution is 5.57. The maximum absolute atomic E-state index is 10.8. The smallest absolute Gasteiger partial charge is 0.338 e. The lowest BCUT2D eigenvalue weighted by molar-refractivity contribution is -0.386. The zero-order valence-corrected chi connectivity index (χ0v) is 9.89. The summed E-state index contributed by atoms with van der Waals surface area (Å²) in [5.41, 5.74) is 0.315. The highest BCUT2D eigenvalue weighted by atomic mass is 16.6. The molecule has 0 unspecified atom stereocenters. The molecule has 5 nitrogen and oxygen atoms in total. The lowest BCUT2D eigenvalue weighted by Crippen LogP contribution is -2.02. The average molecular weight is 236 g/mol. The van der Waals surface area contributed by atoms with Gasteiger partial charge in [0.2, 0.25) is 5.76 Å². The molecule has 1 aliphatic rings. The van der Waals surface area contributed by atoms with Gasteiger partial charge in [-0.05, 0) is 24.8 Å². The monoisotopic (exact) mass is 236 g/mol. The molecule has 0 radical (unpaired) electrons. The Labute approximate surface area is 99.6 Å². The van der Waals surface area contributed by atoms with Gasteiger partial charge in [-0.2, -0.15) is 0 Å². The summed E-state index contributed by atoms with van der Waals surface area (Å²) in [6, 6.07) is 0. The van der Waals surface area contributed by atoms with Gasteiger partial charge in [0.25, 0.3) is 0 Å². The molecule has 1 fully saturated rings. The Morgan fingerprint density at radius 3 is 2.76 bits per heavy atom. The van der Waals surface area contributed by atoms with Gasteiger partial charge in [-0.3, -0.25) is 10.1 Å². The van der Waals surface area contributed by atoms with Gasteiger partial charge in [0.15, 0.2) is 5.69 Å². The third-order valence-corrected chi connectivity index (χ3v) is 3.22. The van der Waals surface area contributed by atoms with E-state index >= 15 is 0 Å². The molecule has 0 aliphatic heterocycles. The van der Waals surface area contributed by atoms with E-state index in [9.17, 15) is 10.1 Å². The normalized spacial score (nSPS) is 17.7.